The molecule has 0 heterocycles. The number of nitrogens with one attached hydrogen (secondary N) is 1. The van der Waals surface area contributed by atoms with E-state index in [0.29, 0.717) is 32.5 Å². The van der Waals surface area contributed by atoms with Crippen LogP contribution in [0.2, 0.25) is 0 Å². The van der Waals surface area contributed by atoms with Crippen LogP contribution in [0.5, 0.6) is 0 Å². The van der Waals surface area contributed by atoms with Crippen LogP contribution in [0.15, 0.2) is 48.5 Å². The van der Waals surface area contributed by atoms with Crippen LogP contribution >= 0.6 is 0 Å². The summed E-state index contributed by atoms with van der Waals surface area (Å²) >= 11 is 0. The van der Waals surface area contributed by atoms with E-state index in [-0.39, 0.29) is 24.9 Å². The first-order chi connectivity index (χ1) is 17.2. The summed E-state index contributed by atoms with van der Waals surface area (Å²) in [6.07, 6.45) is 1.04. The average Bonchev–Trinajstić information content (AvgIpc) is 3.16. The van der Waals surface area contributed by atoms with E-state index in [1.54, 1.807) is 14.2 Å². The number of rotatable bonds is 12. The minimum Gasteiger partial charge on any atom is -0.465 e. The van der Waals surface area contributed by atoms with Gasteiger partial charge in [0, 0.05) is 45.3 Å². The molecule has 0 radical (unpaired) electrons. The van der Waals surface area contributed by atoms with Gasteiger partial charge in [0.15, 0.2) is 0 Å². The van der Waals surface area contributed by atoms with Crippen LogP contribution in [0.3, 0.4) is 0 Å². The molecule has 2 aromatic carbocycles. The van der Waals surface area contributed by atoms with Gasteiger partial charge in [0.05, 0.1) is 0 Å². The van der Waals surface area contributed by atoms with Gasteiger partial charge in [-0.3, -0.25) is 4.79 Å². The molecule has 2 aromatic rings. The molecule has 7 heteroatoms. The van der Waals surface area contributed by atoms with Crippen LogP contribution in [0.1, 0.15) is 63.5 Å². The Morgan fingerprint density at radius 3 is 1.86 bits per heavy atom. The smallest absolute Gasteiger partial charge is 0.408 e. The predicted molar refractivity (Wildman–Crippen MR) is 139 cm³/mol. The van der Waals surface area contributed by atoms with Gasteiger partial charge in [-0.15, -0.1) is 0 Å². The van der Waals surface area contributed by atoms with E-state index >= 15 is 0 Å². The third-order valence-corrected chi connectivity index (χ3v) is 6.52. The van der Waals surface area contributed by atoms with Gasteiger partial charge < -0.3 is 24.3 Å². The lowest BCUT2D eigenvalue weighted by Gasteiger charge is -2.35. The Bertz CT molecular complexity index is 975. The molecule has 196 valence electrons. The van der Waals surface area contributed by atoms with Crippen molar-refractivity contribution < 1.29 is 28.5 Å². The summed E-state index contributed by atoms with van der Waals surface area (Å²) < 4.78 is 21.9. The first-order valence-corrected chi connectivity index (χ1v) is 12.5. The zero-order valence-corrected chi connectivity index (χ0v) is 22.1. The van der Waals surface area contributed by atoms with Crippen molar-refractivity contribution in [2.24, 2.45) is 0 Å². The summed E-state index contributed by atoms with van der Waals surface area (Å²) in [6, 6.07) is 16.5. The molecular weight excluding hydrogens is 458 g/mol. The lowest BCUT2D eigenvalue weighted by molar-refractivity contribution is -0.144. The number of alkyl carbamates (subject to hydrolysis) is 1. The van der Waals surface area contributed by atoms with Crippen molar-refractivity contribution in [3.63, 3.8) is 0 Å². The van der Waals surface area contributed by atoms with Gasteiger partial charge in [-0.25, -0.2) is 4.79 Å². The number of amides is 1. The Morgan fingerprint density at radius 1 is 0.833 bits per heavy atom. The number of ether oxygens (including phenoxy) is 4. The average molecular weight is 498 g/mol. The Balaban J connectivity index is 1.67. The lowest BCUT2D eigenvalue weighted by Crippen LogP contribution is -2.51. The maximum atomic E-state index is 12.9. The quantitative estimate of drug-likeness (QED) is 0.392. The predicted octanol–water partition coefficient (Wildman–Crippen LogP) is 5.46. The number of carbonyl (C=O) groups excluding carboxylic acids is 2. The van der Waals surface area contributed by atoms with E-state index in [4.69, 9.17) is 18.9 Å². The Labute approximate surface area is 214 Å². The van der Waals surface area contributed by atoms with Crippen molar-refractivity contribution in [3.8, 4) is 11.1 Å². The summed E-state index contributed by atoms with van der Waals surface area (Å²) in [6.45, 7) is 6.56. The number of hydrogen-bond donors (Lipinski definition) is 1. The zero-order chi connectivity index (χ0) is 26.2. The third kappa shape index (κ3) is 7.31. The molecule has 0 saturated heterocycles. The van der Waals surface area contributed by atoms with E-state index in [2.05, 4.69) is 29.6 Å². The molecular formula is C29H39NO6. The van der Waals surface area contributed by atoms with Crippen LogP contribution < -0.4 is 5.32 Å². The summed E-state index contributed by atoms with van der Waals surface area (Å²) in [5.41, 5.74) is 3.37. The van der Waals surface area contributed by atoms with Crippen LogP contribution in [-0.2, 0) is 23.7 Å². The fourth-order valence-electron chi connectivity index (χ4n) is 4.71. The fourth-order valence-corrected chi connectivity index (χ4v) is 4.71. The molecule has 1 amide bonds. The molecule has 1 aliphatic rings. The van der Waals surface area contributed by atoms with Gasteiger partial charge >= 0.3 is 12.1 Å². The first-order valence-electron chi connectivity index (χ1n) is 12.5. The topological polar surface area (TPSA) is 83.1 Å². The Kier molecular flexibility index (Phi) is 9.51. The van der Waals surface area contributed by atoms with E-state index in [0.717, 1.165) is 0 Å². The molecule has 36 heavy (non-hydrogen) atoms. The van der Waals surface area contributed by atoms with Gasteiger partial charge in [0.2, 0.25) is 0 Å². The number of carbonyl (C=O) groups is 2. The molecule has 0 unspecified atom stereocenters. The van der Waals surface area contributed by atoms with E-state index in [1.807, 2.05) is 45.0 Å². The SMILES string of the molecule is COCCC(CCOC)(CCC(=O)OCC1c2ccccc2-c2ccccc21)NC(=O)OC(C)(C)C. The molecule has 7 nitrogen and oxygen atoms in total. The second-order valence-corrected chi connectivity index (χ2v) is 10.3. The summed E-state index contributed by atoms with van der Waals surface area (Å²) in [5, 5.41) is 3.01. The van der Waals surface area contributed by atoms with Crippen molar-refractivity contribution in [2.75, 3.05) is 34.0 Å². The number of esters is 1. The van der Waals surface area contributed by atoms with Crippen molar-refractivity contribution in [2.45, 2.75) is 63.5 Å². The second kappa shape index (κ2) is 12.4. The van der Waals surface area contributed by atoms with Gasteiger partial charge in [-0.1, -0.05) is 48.5 Å². The summed E-state index contributed by atoms with van der Waals surface area (Å²) in [7, 11) is 3.22. The molecule has 0 aromatic heterocycles. The molecule has 0 saturated carbocycles. The largest absolute Gasteiger partial charge is 0.465 e. The monoisotopic (exact) mass is 497 g/mol. The highest BCUT2D eigenvalue weighted by molar-refractivity contribution is 5.79. The minimum atomic E-state index is -0.722. The molecule has 1 aliphatic carbocycles. The van der Waals surface area contributed by atoms with Crippen molar-refractivity contribution in [3.05, 3.63) is 59.7 Å². The van der Waals surface area contributed by atoms with E-state index in [9.17, 15) is 9.59 Å². The molecule has 0 spiro atoms. The fraction of sp³-hybridized carbons (Fsp3) is 0.517. The Morgan fingerprint density at radius 2 is 1.36 bits per heavy atom. The normalized spacial score (nSPS) is 13.1. The number of benzene rings is 2. The van der Waals surface area contributed by atoms with Crippen LogP contribution in [-0.4, -0.2) is 57.2 Å². The maximum absolute atomic E-state index is 12.9. The van der Waals surface area contributed by atoms with Gasteiger partial charge in [-0.05, 0) is 62.3 Å². The van der Waals surface area contributed by atoms with Crippen molar-refractivity contribution in [1.29, 1.82) is 0 Å². The van der Waals surface area contributed by atoms with E-state index < -0.39 is 17.2 Å². The highest BCUT2D eigenvalue weighted by Gasteiger charge is 2.35. The van der Waals surface area contributed by atoms with Gasteiger partial charge in [0.1, 0.15) is 12.2 Å². The number of hydrogen-bond acceptors (Lipinski definition) is 6. The lowest BCUT2D eigenvalue weighted by atomic mass is 9.86. The molecule has 0 atom stereocenters. The van der Waals surface area contributed by atoms with Crippen LogP contribution in [0.4, 0.5) is 4.79 Å². The highest BCUT2D eigenvalue weighted by atomic mass is 16.6. The van der Waals surface area contributed by atoms with E-state index in [1.165, 1.54) is 22.3 Å². The van der Waals surface area contributed by atoms with Crippen LogP contribution in [0.25, 0.3) is 11.1 Å². The molecule has 0 fully saturated rings. The third-order valence-electron chi connectivity index (χ3n) is 6.52. The minimum absolute atomic E-state index is 0.00739. The second-order valence-electron chi connectivity index (χ2n) is 10.3. The zero-order valence-electron chi connectivity index (χ0n) is 22.1. The Hall–Kier alpha value is -2.90. The molecule has 0 bridgehead atoms. The van der Waals surface area contributed by atoms with Crippen molar-refractivity contribution >= 4 is 12.1 Å². The maximum Gasteiger partial charge on any atom is 0.408 e. The van der Waals surface area contributed by atoms with Gasteiger partial charge in [-0.2, -0.15) is 0 Å². The number of methoxy groups -OCH3 is 2. The molecule has 3 rings (SSSR count). The molecule has 0 aliphatic heterocycles. The van der Waals surface area contributed by atoms with Crippen LogP contribution in [0, 0.1) is 0 Å². The first kappa shape index (κ1) is 27.7. The van der Waals surface area contributed by atoms with Gasteiger partial charge in [0.25, 0.3) is 0 Å². The number of fused-ring (bicyclic) bond motifs is 3. The summed E-state index contributed by atoms with van der Waals surface area (Å²) in [4.78, 5) is 25.6. The standard InChI is InChI=1S/C29H39NO6/c1-28(2,3)36-27(32)30-29(16-18-33-4,17-19-34-5)15-14-26(31)35-20-25-23-12-8-6-10-21(23)22-11-7-9-13-24(22)25/h6-13,25H,14-20H2,1-5H3,(H,30,32). The molecule has 1 N–H and O–H groups in total. The van der Waals surface area contributed by atoms with Crippen molar-refractivity contribution in [1.82, 2.24) is 5.32 Å². The summed E-state index contributed by atoms with van der Waals surface area (Å²) in [5.74, 6) is -0.296. The highest BCUT2D eigenvalue weighted by Crippen LogP contribution is 2.44.